The van der Waals surface area contributed by atoms with E-state index in [9.17, 15) is 26.4 Å². The summed E-state index contributed by atoms with van der Waals surface area (Å²) in [5.41, 5.74) is -4.04. The topological polar surface area (TPSA) is 91.0 Å². The molecule has 12 heteroatoms. The number of amides is 1. The Bertz CT molecular complexity index is 1300. The summed E-state index contributed by atoms with van der Waals surface area (Å²) in [5, 5.41) is 2.87. The second-order valence-corrected chi connectivity index (χ2v) is 10.7. The fraction of sp³-hybridized carbons (Fsp3) is 0.296. The predicted molar refractivity (Wildman–Crippen MR) is 145 cm³/mol. The van der Waals surface area contributed by atoms with Crippen LogP contribution in [-0.2, 0) is 21.4 Å². The first-order chi connectivity index (χ1) is 18.4. The molecule has 3 aromatic rings. The van der Waals surface area contributed by atoms with Gasteiger partial charge in [0.2, 0.25) is 5.91 Å². The van der Waals surface area contributed by atoms with Crippen molar-refractivity contribution >= 4 is 27.3 Å². The van der Waals surface area contributed by atoms with Crippen molar-refractivity contribution in [2.24, 2.45) is 0 Å². The number of halogens is 3. The summed E-state index contributed by atoms with van der Waals surface area (Å²) in [6.45, 7) is 2.15. The number of alkyl halides is 3. The van der Waals surface area contributed by atoms with Gasteiger partial charge in [-0.2, -0.15) is 21.6 Å². The van der Waals surface area contributed by atoms with Gasteiger partial charge in [0.15, 0.2) is 0 Å². The Morgan fingerprint density at radius 1 is 0.821 bits per heavy atom. The summed E-state index contributed by atoms with van der Waals surface area (Å²) in [7, 11) is -1.69. The fourth-order valence-corrected chi connectivity index (χ4v) is 4.21. The maximum absolute atomic E-state index is 12.5. The van der Waals surface area contributed by atoms with Crippen molar-refractivity contribution in [2.75, 3.05) is 43.8 Å². The number of nitrogens with one attached hydrogen (secondary N) is 2. The smallest absolute Gasteiger partial charge is 0.457 e. The van der Waals surface area contributed by atoms with Crippen LogP contribution in [0.25, 0.3) is 0 Å². The lowest BCUT2D eigenvalue weighted by Gasteiger charge is -2.20. The van der Waals surface area contributed by atoms with Crippen LogP contribution in [0.1, 0.15) is 12.0 Å². The van der Waals surface area contributed by atoms with Crippen LogP contribution in [0.2, 0.25) is 0 Å². The van der Waals surface area contributed by atoms with E-state index in [0.29, 0.717) is 24.5 Å². The molecule has 1 amide bonds. The average Bonchev–Trinajstić information content (AvgIpc) is 2.86. The third-order valence-corrected chi connectivity index (χ3v) is 6.69. The highest BCUT2D eigenvalue weighted by molar-refractivity contribution is 7.93. The van der Waals surface area contributed by atoms with E-state index in [-0.39, 0.29) is 18.1 Å². The molecule has 0 spiro atoms. The number of hydrogen-bond acceptors (Lipinski definition) is 6. The first-order valence-electron chi connectivity index (χ1n) is 12.1. The summed E-state index contributed by atoms with van der Waals surface area (Å²) >= 11 is 0. The number of rotatable bonds is 13. The Labute approximate surface area is 226 Å². The number of para-hydroxylation sites is 1. The third kappa shape index (κ3) is 9.89. The van der Waals surface area contributed by atoms with Crippen LogP contribution in [0, 0.1) is 0 Å². The van der Waals surface area contributed by atoms with Crippen LogP contribution in [0.3, 0.4) is 0 Å². The third-order valence-electron chi connectivity index (χ3n) is 5.57. The molecule has 0 atom stereocenters. The van der Waals surface area contributed by atoms with Gasteiger partial charge in [-0.25, -0.2) is 0 Å². The van der Waals surface area contributed by atoms with E-state index < -0.39 is 15.5 Å². The van der Waals surface area contributed by atoms with Gasteiger partial charge in [-0.3, -0.25) is 14.4 Å². The number of likely N-dealkylation sites (N-methyl/N-ethyl adjacent to an activating group) is 1. The molecule has 210 valence electrons. The SMILES string of the molecule is CN(CCCN(C)Cc1ccc(NS(=O)(=O)C(F)(F)F)cc1)CC(=O)Nc1ccc(Oc2ccccc2)cc1. The maximum atomic E-state index is 12.5. The number of carbonyl (C=O) groups excluding carboxylic acids is 1. The number of benzene rings is 3. The van der Waals surface area contributed by atoms with Crippen molar-refractivity contribution < 1.29 is 31.1 Å². The predicted octanol–water partition coefficient (Wildman–Crippen LogP) is 5.13. The zero-order chi connectivity index (χ0) is 28.5. The summed E-state index contributed by atoms with van der Waals surface area (Å²) in [6.07, 6.45) is 0.787. The van der Waals surface area contributed by atoms with E-state index in [0.717, 1.165) is 24.3 Å². The Balaban J connectivity index is 1.35. The second-order valence-electron chi connectivity index (χ2n) is 9.06. The zero-order valence-electron chi connectivity index (χ0n) is 21.6. The fourth-order valence-electron chi connectivity index (χ4n) is 3.65. The normalized spacial score (nSPS) is 12.0. The molecule has 3 aromatic carbocycles. The molecule has 0 aromatic heterocycles. The number of hydrogen-bond donors (Lipinski definition) is 2. The van der Waals surface area contributed by atoms with Crippen molar-refractivity contribution in [3.8, 4) is 11.5 Å². The second kappa shape index (κ2) is 13.5. The van der Waals surface area contributed by atoms with Crippen LogP contribution < -0.4 is 14.8 Å². The van der Waals surface area contributed by atoms with Crippen LogP contribution in [-0.4, -0.2) is 63.4 Å². The number of carbonyl (C=O) groups is 1. The molecule has 0 aliphatic carbocycles. The van der Waals surface area contributed by atoms with Gasteiger partial charge in [-0.05, 0) is 87.7 Å². The van der Waals surface area contributed by atoms with Gasteiger partial charge in [-0.15, -0.1) is 0 Å². The highest BCUT2D eigenvalue weighted by Gasteiger charge is 2.46. The molecule has 0 saturated heterocycles. The standard InChI is InChI=1S/C27H31F3N4O4S/c1-33(19-21-9-11-23(12-10-21)32-39(36,37)27(28,29)30)17-6-18-34(2)20-26(35)31-22-13-15-25(16-14-22)38-24-7-4-3-5-8-24/h3-5,7-16,32H,6,17-20H2,1-2H3,(H,31,35). The van der Waals surface area contributed by atoms with Gasteiger partial charge in [0.25, 0.3) is 0 Å². The first-order valence-corrected chi connectivity index (χ1v) is 13.6. The largest absolute Gasteiger partial charge is 0.516 e. The number of ether oxygens (including phenoxy) is 1. The van der Waals surface area contributed by atoms with Gasteiger partial charge >= 0.3 is 15.5 Å². The summed E-state index contributed by atoms with van der Waals surface area (Å²) < 4.78 is 67.2. The van der Waals surface area contributed by atoms with E-state index in [2.05, 4.69) is 5.32 Å². The number of nitrogens with zero attached hydrogens (tertiary/aromatic N) is 2. The Kier molecular flexibility index (Phi) is 10.3. The van der Waals surface area contributed by atoms with Crippen LogP contribution in [0.5, 0.6) is 11.5 Å². The molecule has 0 heterocycles. The molecule has 0 fully saturated rings. The maximum Gasteiger partial charge on any atom is 0.516 e. The van der Waals surface area contributed by atoms with Gasteiger partial charge in [0, 0.05) is 17.9 Å². The molecule has 39 heavy (non-hydrogen) atoms. The Morgan fingerprint density at radius 3 is 2.00 bits per heavy atom. The molecule has 8 nitrogen and oxygen atoms in total. The molecular formula is C27H31F3N4O4S. The molecule has 0 radical (unpaired) electrons. The Morgan fingerprint density at radius 2 is 1.38 bits per heavy atom. The van der Waals surface area contributed by atoms with Gasteiger partial charge in [-0.1, -0.05) is 30.3 Å². The Hall–Kier alpha value is -3.61. The minimum absolute atomic E-state index is 0.135. The minimum atomic E-state index is -5.44. The van der Waals surface area contributed by atoms with Crippen molar-refractivity contribution in [1.29, 1.82) is 0 Å². The molecular weight excluding hydrogens is 533 g/mol. The van der Waals surface area contributed by atoms with Gasteiger partial charge in [0.1, 0.15) is 11.5 Å². The van der Waals surface area contributed by atoms with E-state index in [1.165, 1.54) is 16.9 Å². The molecule has 0 aliphatic heterocycles. The average molecular weight is 565 g/mol. The van der Waals surface area contributed by atoms with Gasteiger partial charge in [0.05, 0.1) is 6.54 Å². The molecule has 2 N–H and O–H groups in total. The monoisotopic (exact) mass is 564 g/mol. The van der Waals surface area contributed by atoms with Gasteiger partial charge < -0.3 is 15.0 Å². The number of anilines is 2. The molecule has 0 unspecified atom stereocenters. The van der Waals surface area contributed by atoms with E-state index >= 15 is 0 Å². The summed E-state index contributed by atoms with van der Waals surface area (Å²) in [6, 6.07) is 22.3. The minimum Gasteiger partial charge on any atom is -0.457 e. The van der Waals surface area contributed by atoms with Crippen LogP contribution in [0.15, 0.2) is 78.9 Å². The van der Waals surface area contributed by atoms with Crippen molar-refractivity contribution in [1.82, 2.24) is 9.80 Å². The zero-order valence-corrected chi connectivity index (χ0v) is 22.4. The van der Waals surface area contributed by atoms with Crippen LogP contribution >= 0.6 is 0 Å². The lowest BCUT2D eigenvalue weighted by molar-refractivity contribution is -0.117. The highest BCUT2D eigenvalue weighted by atomic mass is 32.2. The molecule has 0 aliphatic rings. The van der Waals surface area contributed by atoms with Crippen LogP contribution in [0.4, 0.5) is 24.5 Å². The van der Waals surface area contributed by atoms with Crippen molar-refractivity contribution in [2.45, 2.75) is 18.5 Å². The molecule has 3 rings (SSSR count). The molecule has 0 saturated carbocycles. The lowest BCUT2D eigenvalue weighted by Crippen LogP contribution is -2.32. The summed E-state index contributed by atoms with van der Waals surface area (Å²) in [4.78, 5) is 16.4. The first kappa shape index (κ1) is 29.9. The number of sulfonamides is 1. The van der Waals surface area contributed by atoms with E-state index in [4.69, 9.17) is 4.74 Å². The molecule has 0 bridgehead atoms. The van der Waals surface area contributed by atoms with Crippen molar-refractivity contribution in [3.05, 3.63) is 84.4 Å². The quantitative estimate of drug-likeness (QED) is 0.299. The van der Waals surface area contributed by atoms with Crippen molar-refractivity contribution in [3.63, 3.8) is 0 Å². The lowest BCUT2D eigenvalue weighted by atomic mass is 10.2. The highest BCUT2D eigenvalue weighted by Crippen LogP contribution is 2.26. The summed E-state index contributed by atoms with van der Waals surface area (Å²) in [5.74, 6) is 1.26. The van der Waals surface area contributed by atoms with E-state index in [1.54, 1.807) is 36.4 Å². The van der Waals surface area contributed by atoms with E-state index in [1.807, 2.05) is 54.2 Å².